The van der Waals surface area contributed by atoms with Gasteiger partial charge < -0.3 is 0 Å². The second kappa shape index (κ2) is 3.87. The third-order valence-electron chi connectivity index (χ3n) is 1.90. The number of aryl methyl sites for hydroxylation is 1. The lowest BCUT2D eigenvalue weighted by Crippen LogP contribution is -1.93. The molecule has 0 amide bonds. The molecule has 0 fully saturated rings. The second-order valence-corrected chi connectivity index (χ2v) is 4.29. The van der Waals surface area contributed by atoms with Gasteiger partial charge in [0.25, 0.3) is 5.69 Å². The molecule has 70 valence electrons. The fourth-order valence-electron chi connectivity index (χ4n) is 1.17. The monoisotopic (exact) mass is 243 g/mol. The van der Waals surface area contributed by atoms with E-state index in [-0.39, 0.29) is 15.4 Å². The van der Waals surface area contributed by atoms with E-state index in [9.17, 15) is 10.1 Å². The van der Waals surface area contributed by atoms with Gasteiger partial charge in [-0.05, 0) is 25.0 Å². The van der Waals surface area contributed by atoms with Crippen molar-refractivity contribution in [2.24, 2.45) is 0 Å². The molecular formula is C9H10BrNO2. The number of nitro groups is 1. The van der Waals surface area contributed by atoms with Crippen LogP contribution >= 0.6 is 15.9 Å². The minimum absolute atomic E-state index is 0.145. The van der Waals surface area contributed by atoms with E-state index < -0.39 is 0 Å². The first-order valence-corrected chi connectivity index (χ1v) is 4.83. The molecule has 13 heavy (non-hydrogen) atoms. The fraction of sp³-hybridized carbons (Fsp3) is 0.333. The van der Waals surface area contributed by atoms with Crippen molar-refractivity contribution in [3.05, 3.63) is 39.4 Å². The largest absolute Gasteiger partial charge is 0.269 e. The number of hydrogen-bond donors (Lipinski definition) is 0. The first kappa shape index (κ1) is 10.2. The van der Waals surface area contributed by atoms with E-state index in [1.165, 1.54) is 6.07 Å². The molecule has 3 nitrogen and oxygen atoms in total. The summed E-state index contributed by atoms with van der Waals surface area (Å²) in [6.45, 7) is 3.89. The van der Waals surface area contributed by atoms with E-state index in [4.69, 9.17) is 0 Å². The predicted octanol–water partition coefficient (Wildman–Crippen LogP) is 3.36. The van der Waals surface area contributed by atoms with Crippen molar-refractivity contribution in [2.75, 3.05) is 0 Å². The van der Waals surface area contributed by atoms with Crippen LogP contribution in [0.25, 0.3) is 0 Å². The van der Waals surface area contributed by atoms with Gasteiger partial charge in [-0.25, -0.2) is 0 Å². The average Bonchev–Trinajstić information content (AvgIpc) is 2.04. The van der Waals surface area contributed by atoms with Gasteiger partial charge in [0.1, 0.15) is 0 Å². The SMILES string of the molecule is Cc1ccc([N+](=O)[O-])cc1C(C)Br. The summed E-state index contributed by atoms with van der Waals surface area (Å²) in [5, 5.41) is 10.5. The Morgan fingerprint density at radius 3 is 2.62 bits per heavy atom. The van der Waals surface area contributed by atoms with Gasteiger partial charge in [0.15, 0.2) is 0 Å². The van der Waals surface area contributed by atoms with Crippen LogP contribution in [0.5, 0.6) is 0 Å². The normalized spacial score (nSPS) is 12.5. The van der Waals surface area contributed by atoms with Gasteiger partial charge in [0.2, 0.25) is 0 Å². The van der Waals surface area contributed by atoms with E-state index in [1.54, 1.807) is 12.1 Å². The van der Waals surface area contributed by atoms with Crippen molar-refractivity contribution in [3.63, 3.8) is 0 Å². The van der Waals surface area contributed by atoms with Gasteiger partial charge in [-0.1, -0.05) is 22.0 Å². The van der Waals surface area contributed by atoms with Crippen LogP contribution in [0.1, 0.15) is 22.9 Å². The zero-order chi connectivity index (χ0) is 10.0. The molecule has 1 aromatic carbocycles. The summed E-state index contributed by atoms with van der Waals surface area (Å²) >= 11 is 3.39. The highest BCUT2D eigenvalue weighted by atomic mass is 79.9. The summed E-state index contributed by atoms with van der Waals surface area (Å²) in [5.41, 5.74) is 2.18. The molecule has 0 aromatic heterocycles. The van der Waals surface area contributed by atoms with Gasteiger partial charge in [0, 0.05) is 17.0 Å². The second-order valence-electron chi connectivity index (χ2n) is 2.91. The van der Waals surface area contributed by atoms with Gasteiger partial charge in [-0.15, -0.1) is 0 Å². The van der Waals surface area contributed by atoms with Crippen molar-refractivity contribution in [2.45, 2.75) is 18.7 Å². The van der Waals surface area contributed by atoms with Crippen LogP contribution in [-0.4, -0.2) is 4.92 Å². The quantitative estimate of drug-likeness (QED) is 0.454. The molecule has 1 unspecified atom stereocenters. The summed E-state index contributed by atoms with van der Waals surface area (Å²) in [6, 6.07) is 4.90. The lowest BCUT2D eigenvalue weighted by molar-refractivity contribution is -0.384. The van der Waals surface area contributed by atoms with Crippen molar-refractivity contribution in [3.8, 4) is 0 Å². The lowest BCUT2D eigenvalue weighted by atomic mass is 10.1. The first-order valence-electron chi connectivity index (χ1n) is 3.91. The maximum absolute atomic E-state index is 10.5. The van der Waals surface area contributed by atoms with Crippen LogP contribution in [0.4, 0.5) is 5.69 Å². The molecule has 0 saturated carbocycles. The standard InChI is InChI=1S/C9H10BrNO2/c1-6-3-4-8(11(12)13)5-9(6)7(2)10/h3-5,7H,1-2H3. The molecule has 1 aromatic rings. The molecule has 0 aliphatic heterocycles. The Labute approximate surface area is 85.0 Å². The molecule has 0 saturated heterocycles. The number of rotatable bonds is 2. The predicted molar refractivity (Wildman–Crippen MR) is 55.2 cm³/mol. The Hall–Kier alpha value is -0.900. The van der Waals surface area contributed by atoms with Gasteiger partial charge in [-0.2, -0.15) is 0 Å². The minimum atomic E-state index is -0.377. The van der Waals surface area contributed by atoms with Gasteiger partial charge in [-0.3, -0.25) is 10.1 Å². The number of nitro benzene ring substituents is 1. The summed E-state index contributed by atoms with van der Waals surface area (Å²) < 4.78 is 0. The number of alkyl halides is 1. The van der Waals surface area contributed by atoms with Crippen molar-refractivity contribution in [1.82, 2.24) is 0 Å². The molecule has 0 aliphatic rings. The first-order chi connectivity index (χ1) is 6.02. The molecular weight excluding hydrogens is 234 g/mol. The van der Waals surface area contributed by atoms with Crippen LogP contribution in [-0.2, 0) is 0 Å². The molecule has 4 heteroatoms. The Balaban J connectivity index is 3.19. The highest BCUT2D eigenvalue weighted by Crippen LogP contribution is 2.28. The number of non-ortho nitro benzene ring substituents is 1. The zero-order valence-corrected chi connectivity index (χ0v) is 9.04. The number of benzene rings is 1. The van der Waals surface area contributed by atoms with Crippen LogP contribution < -0.4 is 0 Å². The van der Waals surface area contributed by atoms with E-state index >= 15 is 0 Å². The van der Waals surface area contributed by atoms with Crippen molar-refractivity contribution >= 4 is 21.6 Å². The third kappa shape index (κ3) is 2.28. The average molecular weight is 244 g/mol. The third-order valence-corrected chi connectivity index (χ3v) is 2.40. The van der Waals surface area contributed by atoms with Crippen molar-refractivity contribution in [1.29, 1.82) is 0 Å². The summed E-state index contributed by atoms with van der Waals surface area (Å²) in [5.74, 6) is 0. The van der Waals surface area contributed by atoms with Crippen LogP contribution in [0.2, 0.25) is 0 Å². The number of nitrogens with zero attached hydrogens (tertiary/aromatic N) is 1. The topological polar surface area (TPSA) is 43.1 Å². The smallest absolute Gasteiger partial charge is 0.258 e. The van der Waals surface area contributed by atoms with E-state index in [0.29, 0.717) is 0 Å². The summed E-state index contributed by atoms with van der Waals surface area (Å²) in [4.78, 5) is 10.2. The fourth-order valence-corrected chi connectivity index (χ4v) is 1.66. The Morgan fingerprint density at radius 2 is 2.15 bits per heavy atom. The van der Waals surface area contributed by atoms with E-state index in [2.05, 4.69) is 15.9 Å². The summed E-state index contributed by atoms with van der Waals surface area (Å²) in [6.07, 6.45) is 0. The molecule has 0 radical (unpaired) electrons. The molecule has 0 aliphatic carbocycles. The summed E-state index contributed by atoms with van der Waals surface area (Å²) in [7, 11) is 0. The zero-order valence-electron chi connectivity index (χ0n) is 7.45. The highest BCUT2D eigenvalue weighted by Gasteiger charge is 2.11. The Morgan fingerprint density at radius 1 is 1.54 bits per heavy atom. The molecule has 1 atom stereocenters. The molecule has 1 rings (SSSR count). The van der Waals surface area contributed by atoms with E-state index in [1.807, 2.05) is 13.8 Å². The molecule has 0 heterocycles. The molecule has 0 N–H and O–H groups in total. The Kier molecular flexibility index (Phi) is 3.03. The molecule has 0 bridgehead atoms. The van der Waals surface area contributed by atoms with E-state index in [0.717, 1.165) is 11.1 Å². The Bertz CT molecular complexity index is 336. The van der Waals surface area contributed by atoms with Crippen LogP contribution in [0.15, 0.2) is 18.2 Å². The maximum Gasteiger partial charge on any atom is 0.269 e. The number of hydrogen-bond acceptors (Lipinski definition) is 2. The lowest BCUT2D eigenvalue weighted by Gasteiger charge is -2.06. The van der Waals surface area contributed by atoms with Gasteiger partial charge in [0.05, 0.1) is 4.92 Å². The van der Waals surface area contributed by atoms with Crippen LogP contribution in [0.3, 0.4) is 0 Å². The highest BCUT2D eigenvalue weighted by molar-refractivity contribution is 9.09. The maximum atomic E-state index is 10.5. The number of halogens is 1. The van der Waals surface area contributed by atoms with Crippen LogP contribution in [0, 0.1) is 17.0 Å². The molecule has 0 spiro atoms. The van der Waals surface area contributed by atoms with Gasteiger partial charge >= 0.3 is 0 Å². The minimum Gasteiger partial charge on any atom is -0.258 e. The van der Waals surface area contributed by atoms with Crippen molar-refractivity contribution < 1.29 is 4.92 Å².